The molecule has 4 rings (SSSR count). The topological polar surface area (TPSA) is 59.1 Å². The minimum absolute atomic E-state index is 0.174. The fraction of sp³-hybridized carbons (Fsp3) is 0.364. The molecule has 0 unspecified atom stereocenters. The van der Waals surface area contributed by atoms with Crippen LogP contribution in [0.1, 0.15) is 23.1 Å². The molecule has 2 heterocycles. The molecule has 1 saturated heterocycles. The maximum atomic E-state index is 13.2. The van der Waals surface area contributed by atoms with E-state index in [1.54, 1.807) is 32.4 Å². The van der Waals surface area contributed by atoms with Crippen LogP contribution in [-0.2, 0) is 22.6 Å². The van der Waals surface area contributed by atoms with Crippen molar-refractivity contribution in [3.05, 3.63) is 52.0 Å². The Labute approximate surface area is 174 Å². The first-order valence-electron chi connectivity index (χ1n) is 9.54. The van der Waals surface area contributed by atoms with Gasteiger partial charge in [-0.1, -0.05) is 17.7 Å². The average molecular weight is 415 g/mol. The fourth-order valence-corrected chi connectivity index (χ4v) is 4.33. The molecule has 0 N–H and O–H groups in total. The van der Waals surface area contributed by atoms with Gasteiger partial charge in [-0.25, -0.2) is 4.90 Å². The molecule has 0 saturated carbocycles. The third kappa shape index (κ3) is 3.36. The molecule has 1 fully saturated rings. The van der Waals surface area contributed by atoms with E-state index >= 15 is 0 Å². The van der Waals surface area contributed by atoms with Crippen LogP contribution in [0.2, 0.25) is 5.02 Å². The summed E-state index contributed by atoms with van der Waals surface area (Å²) in [6.07, 6.45) is 0.956. The molecule has 29 heavy (non-hydrogen) atoms. The molecule has 7 heteroatoms. The largest absolute Gasteiger partial charge is 0.493 e. The van der Waals surface area contributed by atoms with Gasteiger partial charge in [-0.15, -0.1) is 0 Å². The van der Waals surface area contributed by atoms with Crippen molar-refractivity contribution in [2.24, 2.45) is 0 Å². The number of amides is 2. The van der Waals surface area contributed by atoms with E-state index in [4.69, 9.17) is 21.1 Å². The molecule has 2 amide bonds. The number of ether oxygens (including phenoxy) is 2. The van der Waals surface area contributed by atoms with Crippen LogP contribution in [0.15, 0.2) is 30.3 Å². The molecule has 0 spiro atoms. The Balaban J connectivity index is 1.60. The SMILES string of the molecule is COc1cc2c(cc1OC)CN([C@@H]1CC(=O)N(c3cccc(Cl)c3C)C1=O)CC2. The van der Waals surface area contributed by atoms with Gasteiger partial charge < -0.3 is 9.47 Å². The summed E-state index contributed by atoms with van der Waals surface area (Å²) in [4.78, 5) is 29.3. The summed E-state index contributed by atoms with van der Waals surface area (Å²) in [6, 6.07) is 8.76. The number of methoxy groups -OCH3 is 2. The van der Waals surface area contributed by atoms with Gasteiger partial charge >= 0.3 is 0 Å². The van der Waals surface area contributed by atoms with Crippen LogP contribution in [0.25, 0.3) is 0 Å². The van der Waals surface area contributed by atoms with Gasteiger partial charge in [0.05, 0.1) is 32.4 Å². The molecule has 0 aromatic heterocycles. The summed E-state index contributed by atoms with van der Waals surface area (Å²) in [5.74, 6) is 0.986. The van der Waals surface area contributed by atoms with E-state index in [-0.39, 0.29) is 18.2 Å². The van der Waals surface area contributed by atoms with Gasteiger partial charge in [-0.3, -0.25) is 14.5 Å². The molecule has 1 atom stereocenters. The Bertz CT molecular complexity index is 991. The monoisotopic (exact) mass is 414 g/mol. The van der Waals surface area contributed by atoms with Crippen molar-refractivity contribution in [3.63, 3.8) is 0 Å². The van der Waals surface area contributed by atoms with Gasteiger partial charge in [0.2, 0.25) is 5.91 Å². The highest BCUT2D eigenvalue weighted by atomic mass is 35.5. The standard InChI is InChI=1S/C22H23ClN2O4/c1-13-16(23)5-4-6-17(13)25-21(26)11-18(22(25)27)24-8-7-14-9-19(28-2)20(29-3)10-15(14)12-24/h4-6,9-10,18H,7-8,11-12H2,1-3H3/t18-/m1/s1. The number of hydrogen-bond donors (Lipinski definition) is 0. The molecule has 2 aliphatic rings. The normalized spacial score (nSPS) is 19.4. The first kappa shape index (κ1) is 19.7. The Morgan fingerprint density at radius 1 is 1.07 bits per heavy atom. The van der Waals surface area contributed by atoms with Gasteiger partial charge in [0.15, 0.2) is 11.5 Å². The lowest BCUT2D eigenvalue weighted by molar-refractivity contribution is -0.123. The van der Waals surface area contributed by atoms with Crippen LogP contribution in [-0.4, -0.2) is 43.5 Å². The van der Waals surface area contributed by atoms with Crippen LogP contribution in [0.3, 0.4) is 0 Å². The number of hydrogen-bond acceptors (Lipinski definition) is 5. The van der Waals surface area contributed by atoms with E-state index in [1.165, 1.54) is 10.5 Å². The third-order valence-corrected chi connectivity index (χ3v) is 6.20. The minimum atomic E-state index is -0.470. The van der Waals surface area contributed by atoms with Crippen LogP contribution in [0.5, 0.6) is 11.5 Å². The van der Waals surface area contributed by atoms with Gasteiger partial charge in [0.1, 0.15) is 0 Å². The summed E-state index contributed by atoms with van der Waals surface area (Å²) < 4.78 is 10.8. The maximum Gasteiger partial charge on any atom is 0.251 e. The summed E-state index contributed by atoms with van der Waals surface area (Å²) >= 11 is 6.20. The number of halogens is 1. The molecule has 2 aliphatic heterocycles. The number of rotatable bonds is 4. The van der Waals surface area contributed by atoms with Crippen molar-refractivity contribution in [2.45, 2.75) is 32.4 Å². The summed E-state index contributed by atoms with van der Waals surface area (Å²) in [5, 5.41) is 0.541. The zero-order chi connectivity index (χ0) is 20.7. The van der Waals surface area contributed by atoms with Crippen molar-refractivity contribution in [2.75, 3.05) is 25.7 Å². The number of carbonyl (C=O) groups is 2. The smallest absolute Gasteiger partial charge is 0.251 e. The van der Waals surface area contributed by atoms with E-state index in [1.807, 2.05) is 19.1 Å². The summed E-state index contributed by atoms with van der Waals surface area (Å²) in [5.41, 5.74) is 3.57. The van der Waals surface area contributed by atoms with Crippen molar-refractivity contribution >= 4 is 29.1 Å². The van der Waals surface area contributed by atoms with Crippen molar-refractivity contribution in [1.82, 2.24) is 4.90 Å². The highest BCUT2D eigenvalue weighted by Crippen LogP contribution is 2.36. The van der Waals surface area contributed by atoms with Crippen LogP contribution in [0, 0.1) is 6.92 Å². The summed E-state index contributed by atoms with van der Waals surface area (Å²) in [6.45, 7) is 3.11. The van der Waals surface area contributed by atoms with Crippen LogP contribution in [0.4, 0.5) is 5.69 Å². The van der Waals surface area contributed by atoms with Crippen molar-refractivity contribution < 1.29 is 19.1 Å². The van der Waals surface area contributed by atoms with E-state index in [2.05, 4.69) is 4.90 Å². The molecule has 0 aliphatic carbocycles. The second-order valence-electron chi connectivity index (χ2n) is 7.37. The van der Waals surface area contributed by atoms with Crippen LogP contribution < -0.4 is 14.4 Å². The Hall–Kier alpha value is -2.57. The molecule has 6 nitrogen and oxygen atoms in total. The third-order valence-electron chi connectivity index (χ3n) is 5.79. The molecule has 152 valence electrons. The number of anilines is 1. The summed E-state index contributed by atoms with van der Waals surface area (Å²) in [7, 11) is 3.23. The predicted octanol–water partition coefficient (Wildman–Crippen LogP) is 3.36. The minimum Gasteiger partial charge on any atom is -0.493 e. The van der Waals surface area contributed by atoms with Gasteiger partial charge in [-0.05, 0) is 54.3 Å². The number of benzene rings is 2. The second kappa shape index (κ2) is 7.69. The zero-order valence-corrected chi connectivity index (χ0v) is 17.5. The van der Waals surface area contributed by atoms with Crippen molar-refractivity contribution in [3.8, 4) is 11.5 Å². The molecule has 0 bridgehead atoms. The molecule has 2 aromatic rings. The van der Waals surface area contributed by atoms with E-state index in [0.29, 0.717) is 35.3 Å². The number of carbonyl (C=O) groups excluding carboxylic acids is 2. The Kier molecular flexibility index (Phi) is 5.23. The van der Waals surface area contributed by atoms with Gasteiger partial charge in [0, 0.05) is 18.1 Å². The first-order valence-corrected chi connectivity index (χ1v) is 9.92. The lowest BCUT2D eigenvalue weighted by atomic mass is 9.97. The lowest BCUT2D eigenvalue weighted by Gasteiger charge is -2.32. The molecule has 2 aromatic carbocycles. The zero-order valence-electron chi connectivity index (χ0n) is 16.7. The molecular formula is C22H23ClN2O4. The number of nitrogens with zero attached hydrogens (tertiary/aromatic N) is 2. The number of imide groups is 1. The Morgan fingerprint density at radius 3 is 2.45 bits per heavy atom. The first-order chi connectivity index (χ1) is 13.9. The highest BCUT2D eigenvalue weighted by Gasteiger charge is 2.44. The molecular weight excluding hydrogens is 392 g/mol. The van der Waals surface area contributed by atoms with Crippen molar-refractivity contribution in [1.29, 1.82) is 0 Å². The predicted molar refractivity (Wildman–Crippen MR) is 111 cm³/mol. The van der Waals surface area contributed by atoms with Gasteiger partial charge in [0.25, 0.3) is 5.91 Å². The van der Waals surface area contributed by atoms with E-state index < -0.39 is 6.04 Å². The lowest BCUT2D eigenvalue weighted by Crippen LogP contribution is -2.44. The second-order valence-corrected chi connectivity index (χ2v) is 7.77. The Morgan fingerprint density at radius 2 is 1.76 bits per heavy atom. The van der Waals surface area contributed by atoms with Gasteiger partial charge in [-0.2, -0.15) is 0 Å². The maximum absolute atomic E-state index is 13.2. The van der Waals surface area contributed by atoms with Crippen LogP contribution >= 0.6 is 11.6 Å². The highest BCUT2D eigenvalue weighted by molar-refractivity contribution is 6.32. The quantitative estimate of drug-likeness (QED) is 0.718. The average Bonchev–Trinajstić information content (AvgIpc) is 3.02. The number of fused-ring (bicyclic) bond motifs is 1. The molecule has 0 radical (unpaired) electrons. The fourth-order valence-electron chi connectivity index (χ4n) is 4.16. The van der Waals surface area contributed by atoms with E-state index in [0.717, 1.165) is 17.5 Å². The van der Waals surface area contributed by atoms with E-state index in [9.17, 15) is 9.59 Å².